The first-order valence-electron chi connectivity index (χ1n) is 6.93. The van der Waals surface area contributed by atoms with Gasteiger partial charge in [-0.2, -0.15) is 0 Å². The van der Waals surface area contributed by atoms with Crippen molar-refractivity contribution in [2.24, 2.45) is 16.7 Å². The molecule has 0 bridgehead atoms. The van der Waals surface area contributed by atoms with Gasteiger partial charge in [-0.25, -0.2) is 4.79 Å². The molecule has 0 aliphatic heterocycles. The van der Waals surface area contributed by atoms with Crippen molar-refractivity contribution in [1.82, 2.24) is 10.2 Å². The molecule has 0 radical (unpaired) electrons. The van der Waals surface area contributed by atoms with Crippen LogP contribution in [0.2, 0.25) is 0 Å². The molecule has 2 fully saturated rings. The summed E-state index contributed by atoms with van der Waals surface area (Å²) in [7, 11) is 0. The van der Waals surface area contributed by atoms with Crippen LogP contribution in [0.25, 0.3) is 0 Å². The minimum Gasteiger partial charge on any atom is -0.480 e. The van der Waals surface area contributed by atoms with Gasteiger partial charge >= 0.3 is 12.0 Å². The van der Waals surface area contributed by atoms with Gasteiger partial charge in [0.2, 0.25) is 0 Å². The molecule has 2 aliphatic rings. The highest BCUT2D eigenvalue weighted by Crippen LogP contribution is 2.62. The van der Waals surface area contributed by atoms with Crippen molar-refractivity contribution in [1.29, 1.82) is 0 Å². The van der Waals surface area contributed by atoms with Crippen molar-refractivity contribution >= 4 is 12.0 Å². The Kier molecular flexibility index (Phi) is 3.27. The van der Waals surface area contributed by atoms with E-state index >= 15 is 0 Å². The highest BCUT2D eigenvalue weighted by Gasteiger charge is 2.65. The van der Waals surface area contributed by atoms with Gasteiger partial charge in [-0.15, -0.1) is 0 Å². The summed E-state index contributed by atoms with van der Waals surface area (Å²) in [6.07, 6.45) is 2.20. The summed E-state index contributed by atoms with van der Waals surface area (Å²) in [6.45, 7) is 8.85. The predicted molar refractivity (Wildman–Crippen MR) is 71.8 cm³/mol. The van der Waals surface area contributed by atoms with Crippen LogP contribution >= 0.6 is 0 Å². The summed E-state index contributed by atoms with van der Waals surface area (Å²) < 4.78 is 0. The number of carbonyl (C=O) groups excluding carboxylic acids is 1. The van der Waals surface area contributed by atoms with Gasteiger partial charge in [0.15, 0.2) is 0 Å². The molecule has 5 heteroatoms. The Morgan fingerprint density at radius 3 is 2.11 bits per heavy atom. The first-order chi connectivity index (χ1) is 8.66. The standard InChI is InChI=1S/C14H24N2O3/c1-13(2)11(14(13,3)4)15-12(19)16(8-10(17)18)7-9-5-6-9/h9,11H,5-8H2,1-4H3,(H,15,19)(H,17,18). The molecule has 0 aromatic heterocycles. The Hall–Kier alpha value is -1.26. The number of carboxylic acid groups (broad SMARTS) is 1. The number of nitrogens with one attached hydrogen (secondary N) is 1. The van der Waals surface area contributed by atoms with Gasteiger partial charge in [-0.3, -0.25) is 4.79 Å². The number of amides is 2. The molecule has 0 spiro atoms. The van der Waals surface area contributed by atoms with E-state index in [-0.39, 0.29) is 29.4 Å². The normalized spacial score (nSPS) is 23.8. The van der Waals surface area contributed by atoms with Gasteiger partial charge in [0.25, 0.3) is 0 Å². The molecule has 108 valence electrons. The number of carbonyl (C=O) groups is 2. The van der Waals surface area contributed by atoms with Crippen molar-refractivity contribution in [2.45, 2.75) is 46.6 Å². The molecule has 5 nitrogen and oxygen atoms in total. The molecular formula is C14H24N2O3. The fourth-order valence-corrected chi connectivity index (χ4v) is 2.77. The van der Waals surface area contributed by atoms with Crippen LogP contribution in [-0.2, 0) is 4.79 Å². The number of rotatable bonds is 5. The van der Waals surface area contributed by atoms with E-state index in [0.29, 0.717) is 12.5 Å². The zero-order valence-electron chi connectivity index (χ0n) is 12.2. The quantitative estimate of drug-likeness (QED) is 0.800. The van der Waals surface area contributed by atoms with E-state index in [1.54, 1.807) is 0 Å². The molecule has 2 rings (SSSR count). The summed E-state index contributed by atoms with van der Waals surface area (Å²) in [5.41, 5.74) is 0.133. The van der Waals surface area contributed by atoms with E-state index in [0.717, 1.165) is 12.8 Å². The summed E-state index contributed by atoms with van der Waals surface area (Å²) in [4.78, 5) is 24.5. The minimum absolute atomic E-state index is 0.0666. The van der Waals surface area contributed by atoms with Crippen molar-refractivity contribution in [2.75, 3.05) is 13.1 Å². The maximum atomic E-state index is 12.2. The molecule has 0 aromatic carbocycles. The summed E-state index contributed by atoms with van der Waals surface area (Å²) >= 11 is 0. The van der Waals surface area contributed by atoms with Crippen molar-refractivity contribution in [3.63, 3.8) is 0 Å². The molecule has 0 saturated heterocycles. The maximum absolute atomic E-state index is 12.2. The van der Waals surface area contributed by atoms with Crippen molar-refractivity contribution in [3.05, 3.63) is 0 Å². The monoisotopic (exact) mass is 268 g/mol. The van der Waals surface area contributed by atoms with Gasteiger partial charge in [0.1, 0.15) is 6.54 Å². The highest BCUT2D eigenvalue weighted by molar-refractivity contribution is 5.80. The number of hydrogen-bond acceptors (Lipinski definition) is 2. The molecular weight excluding hydrogens is 244 g/mol. The second-order valence-electron chi connectivity index (χ2n) is 7.04. The smallest absolute Gasteiger partial charge is 0.323 e. The first-order valence-corrected chi connectivity index (χ1v) is 6.93. The van der Waals surface area contributed by atoms with Gasteiger partial charge in [0.05, 0.1) is 0 Å². The average molecular weight is 268 g/mol. The molecule has 2 aliphatic carbocycles. The Labute approximate surface area is 114 Å². The zero-order valence-corrected chi connectivity index (χ0v) is 12.2. The number of hydrogen-bond donors (Lipinski definition) is 2. The van der Waals surface area contributed by atoms with Crippen molar-refractivity contribution in [3.8, 4) is 0 Å². The lowest BCUT2D eigenvalue weighted by molar-refractivity contribution is -0.137. The van der Waals surface area contributed by atoms with Crippen LogP contribution in [-0.4, -0.2) is 41.1 Å². The highest BCUT2D eigenvalue weighted by atomic mass is 16.4. The van der Waals surface area contributed by atoms with E-state index in [9.17, 15) is 9.59 Å². The average Bonchev–Trinajstić information content (AvgIpc) is 3.13. The molecule has 2 saturated carbocycles. The molecule has 0 aromatic rings. The number of carboxylic acids is 1. The van der Waals surface area contributed by atoms with Gasteiger partial charge in [0, 0.05) is 12.6 Å². The Morgan fingerprint density at radius 2 is 1.74 bits per heavy atom. The number of nitrogens with zero attached hydrogens (tertiary/aromatic N) is 1. The molecule has 0 atom stereocenters. The van der Waals surface area contributed by atoms with Crippen LogP contribution in [0, 0.1) is 16.7 Å². The Balaban J connectivity index is 1.94. The third-order valence-corrected chi connectivity index (χ3v) is 5.08. The number of aliphatic carboxylic acids is 1. The van der Waals surface area contributed by atoms with E-state index in [4.69, 9.17) is 5.11 Å². The fourth-order valence-electron chi connectivity index (χ4n) is 2.77. The maximum Gasteiger partial charge on any atom is 0.323 e. The topological polar surface area (TPSA) is 69.6 Å². The second-order valence-corrected chi connectivity index (χ2v) is 7.04. The Morgan fingerprint density at radius 1 is 1.21 bits per heavy atom. The summed E-state index contributed by atoms with van der Waals surface area (Å²) in [5.74, 6) is -0.463. The van der Waals surface area contributed by atoms with Crippen LogP contribution in [0.4, 0.5) is 4.79 Å². The SMILES string of the molecule is CC1(C)C(NC(=O)N(CC(=O)O)CC2CC2)C1(C)C. The van der Waals surface area contributed by atoms with Crippen LogP contribution in [0.15, 0.2) is 0 Å². The zero-order chi connectivity index (χ0) is 14.4. The molecule has 0 unspecified atom stereocenters. The van der Waals surface area contributed by atoms with Crippen LogP contribution < -0.4 is 5.32 Å². The van der Waals surface area contributed by atoms with E-state index in [1.807, 2.05) is 0 Å². The van der Waals surface area contributed by atoms with E-state index < -0.39 is 5.97 Å². The molecule has 0 heterocycles. The Bertz CT molecular complexity index is 385. The molecule has 2 N–H and O–H groups in total. The van der Waals surface area contributed by atoms with E-state index in [2.05, 4.69) is 33.0 Å². The first kappa shape index (κ1) is 14.2. The van der Waals surface area contributed by atoms with Crippen LogP contribution in [0.1, 0.15) is 40.5 Å². The van der Waals surface area contributed by atoms with Gasteiger partial charge in [-0.05, 0) is 29.6 Å². The lowest BCUT2D eigenvalue weighted by Crippen LogP contribution is -2.45. The lowest BCUT2D eigenvalue weighted by atomic mass is 10.0. The minimum atomic E-state index is -0.954. The van der Waals surface area contributed by atoms with Crippen LogP contribution in [0.3, 0.4) is 0 Å². The lowest BCUT2D eigenvalue weighted by Gasteiger charge is -2.21. The van der Waals surface area contributed by atoms with Gasteiger partial charge in [-0.1, -0.05) is 27.7 Å². The van der Waals surface area contributed by atoms with Gasteiger partial charge < -0.3 is 15.3 Å². The number of urea groups is 1. The fraction of sp³-hybridized carbons (Fsp3) is 0.857. The second kappa shape index (κ2) is 4.39. The summed E-state index contributed by atoms with van der Waals surface area (Å²) in [5, 5.41) is 11.9. The van der Waals surface area contributed by atoms with E-state index in [1.165, 1.54) is 4.90 Å². The molecule has 2 amide bonds. The molecule has 19 heavy (non-hydrogen) atoms. The third kappa shape index (κ3) is 2.69. The largest absolute Gasteiger partial charge is 0.480 e. The van der Waals surface area contributed by atoms with Crippen molar-refractivity contribution < 1.29 is 14.7 Å². The predicted octanol–water partition coefficient (Wildman–Crippen LogP) is 1.93. The summed E-state index contributed by atoms with van der Waals surface area (Å²) in [6, 6.07) is -0.124. The van der Waals surface area contributed by atoms with Crippen LogP contribution in [0.5, 0.6) is 0 Å². The third-order valence-electron chi connectivity index (χ3n) is 5.08.